The van der Waals surface area contributed by atoms with Gasteiger partial charge in [-0.05, 0) is 75.3 Å². The zero-order valence-electron chi connectivity index (χ0n) is 28.8. The lowest BCUT2D eigenvalue weighted by molar-refractivity contribution is 1.000. The van der Waals surface area contributed by atoms with Crippen LogP contribution in [0.4, 0.5) is 22.7 Å². The highest BCUT2D eigenvalue weighted by molar-refractivity contribution is 7.26. The average Bonchev–Trinajstić information content (AvgIpc) is 3.62. The molecular formula is C49H32N3S+. The molecule has 248 valence electrons. The van der Waals surface area contributed by atoms with Crippen LogP contribution >= 0.6 is 11.3 Å². The first-order valence-corrected chi connectivity index (χ1v) is 18.9. The van der Waals surface area contributed by atoms with Crippen LogP contribution in [0.2, 0.25) is 0 Å². The summed E-state index contributed by atoms with van der Waals surface area (Å²) in [7, 11) is 0. The van der Waals surface area contributed by atoms with Crippen LogP contribution in [0.15, 0.2) is 176 Å². The third-order valence-electron chi connectivity index (χ3n) is 10.8. The van der Waals surface area contributed by atoms with E-state index in [9.17, 15) is 0 Å². The van der Waals surface area contributed by atoms with E-state index in [1.807, 2.05) is 17.5 Å². The molecule has 4 heteroatoms. The first-order valence-electron chi connectivity index (χ1n) is 18.1. The van der Waals surface area contributed by atoms with E-state index in [0.717, 1.165) is 46.1 Å². The largest absolute Gasteiger partial charge is 0.326 e. The van der Waals surface area contributed by atoms with Crippen molar-refractivity contribution < 1.29 is 0 Å². The third kappa shape index (κ3) is 4.73. The van der Waals surface area contributed by atoms with Gasteiger partial charge in [-0.15, -0.1) is 11.3 Å². The molecule has 0 unspecified atom stereocenters. The highest BCUT2D eigenvalue weighted by atomic mass is 32.1. The molecule has 0 fully saturated rings. The van der Waals surface area contributed by atoms with Gasteiger partial charge in [-0.3, -0.25) is 4.98 Å². The number of para-hydroxylation sites is 2. The van der Waals surface area contributed by atoms with Crippen LogP contribution in [0.25, 0.3) is 75.9 Å². The van der Waals surface area contributed by atoms with Crippen molar-refractivity contribution in [2.75, 3.05) is 11.4 Å². The third-order valence-corrected chi connectivity index (χ3v) is 12.0. The Kier molecular flexibility index (Phi) is 6.79. The van der Waals surface area contributed by atoms with Crippen LogP contribution in [0, 0.1) is 0 Å². The van der Waals surface area contributed by atoms with Gasteiger partial charge in [-0.2, -0.15) is 4.58 Å². The van der Waals surface area contributed by atoms with E-state index in [4.69, 9.17) is 4.98 Å². The Hall–Kier alpha value is -6.62. The summed E-state index contributed by atoms with van der Waals surface area (Å²) >= 11 is 1.88. The monoisotopic (exact) mass is 694 g/mol. The molecule has 7 aromatic carbocycles. The molecule has 2 aromatic heterocycles. The molecule has 9 aromatic rings. The molecule has 0 saturated heterocycles. The van der Waals surface area contributed by atoms with Crippen molar-refractivity contribution in [3.8, 4) is 55.8 Å². The van der Waals surface area contributed by atoms with Crippen LogP contribution in [0.3, 0.4) is 0 Å². The lowest BCUT2D eigenvalue weighted by Gasteiger charge is -2.29. The smallest absolute Gasteiger partial charge is 0.235 e. The van der Waals surface area contributed by atoms with Gasteiger partial charge in [0.15, 0.2) is 6.21 Å². The van der Waals surface area contributed by atoms with E-state index in [1.165, 1.54) is 59.1 Å². The van der Waals surface area contributed by atoms with Gasteiger partial charge >= 0.3 is 0 Å². The van der Waals surface area contributed by atoms with Crippen LogP contribution in [-0.4, -0.2) is 17.7 Å². The predicted octanol–water partition coefficient (Wildman–Crippen LogP) is 13.2. The fourth-order valence-corrected chi connectivity index (χ4v) is 9.62. The minimum atomic E-state index is 0.742. The molecule has 1 aliphatic carbocycles. The highest BCUT2D eigenvalue weighted by Gasteiger charge is 2.32. The zero-order valence-corrected chi connectivity index (χ0v) is 29.6. The molecule has 0 amide bonds. The van der Waals surface area contributed by atoms with Crippen molar-refractivity contribution in [1.82, 2.24) is 9.56 Å². The summed E-state index contributed by atoms with van der Waals surface area (Å²) in [5, 5.41) is 2.63. The molecule has 0 saturated carbocycles. The van der Waals surface area contributed by atoms with Crippen molar-refractivity contribution in [1.29, 1.82) is 0 Å². The van der Waals surface area contributed by atoms with Crippen molar-refractivity contribution in [3.63, 3.8) is 0 Å². The first-order chi connectivity index (χ1) is 26.3. The number of thiophene rings is 1. The Labute approximate surface area is 312 Å². The van der Waals surface area contributed by atoms with Gasteiger partial charge in [0.2, 0.25) is 11.4 Å². The molecule has 0 radical (unpaired) electrons. The maximum atomic E-state index is 5.14. The summed E-state index contributed by atoms with van der Waals surface area (Å²) < 4.78 is 5.00. The normalized spacial score (nSPS) is 12.9. The molecule has 3 nitrogen and oxygen atoms in total. The summed E-state index contributed by atoms with van der Waals surface area (Å²) in [5.74, 6) is 0. The van der Waals surface area contributed by atoms with Crippen molar-refractivity contribution >= 4 is 60.5 Å². The quantitative estimate of drug-likeness (QED) is 0.172. The van der Waals surface area contributed by atoms with Gasteiger partial charge < -0.3 is 4.90 Å². The Balaban J connectivity index is 1.21. The molecule has 3 heterocycles. The van der Waals surface area contributed by atoms with E-state index < -0.39 is 0 Å². The standard InChI is InChI=1S/C49H32N3S/c1-3-13-33(14-4-1)51-27-28-52(34-15-5-2-6-16-34)46-31-44-43(30-45(46)51)38-25-24-32(35-20-11-21-41-39-19-9-10-23-47(39)53-49(35)41)29-42(38)37-18-8-7-17-36(37)40-22-12-26-50-48(40)44/h1-27,29-31H,28H2/q+1. The van der Waals surface area contributed by atoms with Gasteiger partial charge in [0.1, 0.15) is 12.2 Å². The summed E-state index contributed by atoms with van der Waals surface area (Å²) in [5.41, 5.74) is 16.3. The number of fused-ring (bicyclic) bond motifs is 12. The minimum absolute atomic E-state index is 0.742. The molecule has 0 N–H and O–H groups in total. The van der Waals surface area contributed by atoms with E-state index >= 15 is 0 Å². The van der Waals surface area contributed by atoms with Gasteiger partial charge in [0, 0.05) is 61.4 Å². The predicted molar refractivity (Wildman–Crippen MR) is 225 cm³/mol. The van der Waals surface area contributed by atoms with Crippen molar-refractivity contribution in [2.24, 2.45) is 0 Å². The SMILES string of the molecule is C1=[N+](c2ccccc2)c2cc3c(cc2N(c2ccccc2)C1)-c1ncccc1-c1ccccc1-c1cc(-c2cccc4c2sc2ccccc24)ccc1-3. The van der Waals surface area contributed by atoms with Crippen LogP contribution < -0.4 is 9.48 Å². The van der Waals surface area contributed by atoms with E-state index in [1.54, 1.807) is 0 Å². The molecule has 2 aliphatic rings. The van der Waals surface area contributed by atoms with Crippen LogP contribution in [-0.2, 0) is 0 Å². The first kappa shape index (κ1) is 30.0. The van der Waals surface area contributed by atoms with Crippen molar-refractivity contribution in [3.05, 3.63) is 176 Å². The number of anilines is 2. The molecule has 0 bridgehead atoms. The summed E-state index contributed by atoms with van der Waals surface area (Å²) in [6.45, 7) is 0.742. The van der Waals surface area contributed by atoms with E-state index in [2.05, 4.69) is 186 Å². The summed E-state index contributed by atoms with van der Waals surface area (Å²) in [4.78, 5) is 7.56. The van der Waals surface area contributed by atoms with E-state index in [-0.39, 0.29) is 0 Å². The van der Waals surface area contributed by atoms with Crippen LogP contribution in [0.1, 0.15) is 0 Å². The number of hydrogen-bond donors (Lipinski definition) is 0. The molecule has 53 heavy (non-hydrogen) atoms. The topological polar surface area (TPSA) is 19.1 Å². The fraction of sp³-hybridized carbons (Fsp3) is 0.0204. The van der Waals surface area contributed by atoms with Gasteiger partial charge in [-0.25, -0.2) is 0 Å². The van der Waals surface area contributed by atoms with Gasteiger partial charge in [0.25, 0.3) is 0 Å². The lowest BCUT2D eigenvalue weighted by atomic mass is 9.81. The fourth-order valence-electron chi connectivity index (χ4n) is 8.38. The maximum Gasteiger partial charge on any atom is 0.235 e. The second-order valence-corrected chi connectivity index (χ2v) is 14.8. The number of benzene rings is 7. The van der Waals surface area contributed by atoms with Crippen molar-refractivity contribution in [2.45, 2.75) is 0 Å². The zero-order chi connectivity index (χ0) is 34.9. The van der Waals surface area contributed by atoms with Crippen LogP contribution in [0.5, 0.6) is 0 Å². The molecule has 1 aliphatic heterocycles. The number of pyridine rings is 1. The molecule has 11 rings (SSSR count). The second kappa shape index (κ2) is 12.0. The molecule has 0 atom stereocenters. The highest BCUT2D eigenvalue weighted by Crippen LogP contribution is 2.52. The number of nitrogens with zero attached hydrogens (tertiary/aromatic N) is 3. The Morgan fingerprint density at radius 3 is 2.06 bits per heavy atom. The lowest BCUT2D eigenvalue weighted by Crippen LogP contribution is -2.29. The average molecular weight is 695 g/mol. The van der Waals surface area contributed by atoms with E-state index in [0.29, 0.717) is 0 Å². The minimum Gasteiger partial charge on any atom is -0.326 e. The summed E-state index contributed by atoms with van der Waals surface area (Å²) in [6, 6.07) is 61.9. The Morgan fingerprint density at radius 2 is 1.19 bits per heavy atom. The number of aromatic nitrogens is 1. The van der Waals surface area contributed by atoms with Gasteiger partial charge in [-0.1, -0.05) is 115 Å². The van der Waals surface area contributed by atoms with Gasteiger partial charge in [0.05, 0.1) is 5.69 Å². The maximum absolute atomic E-state index is 5.14. The second-order valence-electron chi connectivity index (χ2n) is 13.7. The molecule has 0 spiro atoms. The number of hydrogen-bond acceptors (Lipinski definition) is 3. The Morgan fingerprint density at radius 1 is 0.509 bits per heavy atom. The Bertz CT molecular complexity index is 2920. The number of rotatable bonds is 3. The summed E-state index contributed by atoms with van der Waals surface area (Å²) in [6.07, 6.45) is 4.23. The molecular weight excluding hydrogens is 663 g/mol.